The van der Waals surface area contributed by atoms with Gasteiger partial charge in [-0.05, 0) is 137 Å². The molecule has 0 unspecified atom stereocenters. The maximum absolute atomic E-state index is 3.89. The Balaban J connectivity index is 1.34. The first kappa shape index (κ1) is 30.9. The maximum Gasteiger partial charge on any atom is 0.0541 e. The molecule has 0 fully saturated rings. The predicted octanol–water partition coefficient (Wildman–Crippen LogP) is 13.3. The van der Waals surface area contributed by atoms with Crippen molar-refractivity contribution in [3.8, 4) is 27.9 Å². The van der Waals surface area contributed by atoms with E-state index in [1.807, 2.05) is 12.2 Å². The van der Waals surface area contributed by atoms with Crippen LogP contribution in [-0.4, -0.2) is 4.57 Å². The van der Waals surface area contributed by atoms with Gasteiger partial charge in [0.2, 0.25) is 0 Å². The highest BCUT2D eigenvalue weighted by molar-refractivity contribution is 6.11. The Morgan fingerprint density at radius 3 is 2.29 bits per heavy atom. The van der Waals surface area contributed by atoms with Gasteiger partial charge in [-0.2, -0.15) is 0 Å². The van der Waals surface area contributed by atoms with Gasteiger partial charge >= 0.3 is 0 Å². The molecule has 0 saturated carbocycles. The number of allylic oxidation sites excluding steroid dienone is 9. The fourth-order valence-corrected chi connectivity index (χ4v) is 8.41. The average Bonchev–Trinajstić information content (AvgIpc) is 3.57. The molecule has 0 radical (unpaired) electrons. The third-order valence-electron chi connectivity index (χ3n) is 11.0. The van der Waals surface area contributed by atoms with Gasteiger partial charge in [0.25, 0.3) is 0 Å². The van der Waals surface area contributed by atoms with Gasteiger partial charge in [-0.3, -0.25) is 0 Å². The van der Waals surface area contributed by atoms with E-state index in [0.717, 1.165) is 12.8 Å². The molecule has 0 bridgehead atoms. The number of hydrogen-bond donors (Lipinski definition) is 0. The first-order valence-electron chi connectivity index (χ1n) is 17.6. The van der Waals surface area contributed by atoms with E-state index in [-0.39, 0.29) is 5.41 Å². The minimum absolute atomic E-state index is 0.107. The molecule has 1 nitrogen and oxygen atoms in total. The van der Waals surface area contributed by atoms with Gasteiger partial charge in [0.1, 0.15) is 0 Å². The minimum Gasteiger partial charge on any atom is -0.309 e. The molecule has 0 atom stereocenters. The van der Waals surface area contributed by atoms with Crippen molar-refractivity contribution in [3.05, 3.63) is 173 Å². The van der Waals surface area contributed by atoms with Crippen LogP contribution in [-0.2, 0) is 5.41 Å². The number of benzene rings is 5. The molecule has 1 aromatic heterocycles. The van der Waals surface area contributed by atoms with Crippen LogP contribution in [0, 0.1) is 6.92 Å². The molecule has 0 saturated heterocycles. The lowest BCUT2D eigenvalue weighted by Gasteiger charge is -2.23. The summed E-state index contributed by atoms with van der Waals surface area (Å²) in [5.74, 6) is 0. The Kier molecular flexibility index (Phi) is 7.53. The lowest BCUT2D eigenvalue weighted by Crippen LogP contribution is -2.15. The third-order valence-corrected chi connectivity index (χ3v) is 11.0. The molecule has 2 aliphatic carbocycles. The summed E-state index contributed by atoms with van der Waals surface area (Å²) in [6.07, 6.45) is 15.0. The van der Waals surface area contributed by atoms with Crippen LogP contribution in [0.5, 0.6) is 0 Å². The predicted molar refractivity (Wildman–Crippen MR) is 212 cm³/mol. The van der Waals surface area contributed by atoms with Gasteiger partial charge in [-0.15, -0.1) is 0 Å². The molecule has 5 aromatic carbocycles. The Morgan fingerprint density at radius 2 is 1.53 bits per heavy atom. The van der Waals surface area contributed by atoms with Gasteiger partial charge in [0, 0.05) is 21.9 Å². The number of fused-ring (bicyclic) bond motifs is 6. The number of aromatic nitrogens is 1. The number of nitrogens with zero attached hydrogens (tertiary/aromatic N) is 1. The summed E-state index contributed by atoms with van der Waals surface area (Å²) in [5, 5.41) is 2.51. The Hall–Kier alpha value is -5.40. The molecule has 0 N–H and O–H groups in total. The lowest BCUT2D eigenvalue weighted by molar-refractivity contribution is 0.659. The van der Waals surface area contributed by atoms with E-state index >= 15 is 0 Å². The van der Waals surface area contributed by atoms with E-state index in [9.17, 15) is 0 Å². The molecular formula is C48H43N. The van der Waals surface area contributed by atoms with Gasteiger partial charge < -0.3 is 4.57 Å². The molecule has 1 heterocycles. The molecule has 49 heavy (non-hydrogen) atoms. The topological polar surface area (TPSA) is 4.93 Å². The zero-order valence-corrected chi connectivity index (χ0v) is 29.3. The first-order valence-corrected chi connectivity index (χ1v) is 17.6. The fraction of sp³-hybridized carbons (Fsp3) is 0.167. The van der Waals surface area contributed by atoms with Crippen LogP contribution in [0.3, 0.4) is 0 Å². The van der Waals surface area contributed by atoms with E-state index in [1.54, 1.807) is 0 Å². The molecule has 6 aromatic rings. The number of hydrogen-bond acceptors (Lipinski definition) is 0. The van der Waals surface area contributed by atoms with Crippen LogP contribution >= 0.6 is 0 Å². The van der Waals surface area contributed by atoms with Gasteiger partial charge in [0.15, 0.2) is 0 Å². The molecule has 0 spiro atoms. The minimum atomic E-state index is -0.107. The Morgan fingerprint density at radius 1 is 0.776 bits per heavy atom. The quantitative estimate of drug-likeness (QED) is 0.161. The summed E-state index contributed by atoms with van der Waals surface area (Å²) in [6, 6.07) is 36.6. The lowest BCUT2D eigenvalue weighted by atomic mass is 9.80. The largest absolute Gasteiger partial charge is 0.309 e. The van der Waals surface area contributed by atoms with E-state index in [0.29, 0.717) is 0 Å². The smallest absolute Gasteiger partial charge is 0.0541 e. The molecule has 2 aliphatic rings. The van der Waals surface area contributed by atoms with E-state index in [2.05, 4.69) is 167 Å². The molecule has 1 heteroatoms. The Bertz CT molecular complexity index is 2430. The highest BCUT2D eigenvalue weighted by Crippen LogP contribution is 2.52. The van der Waals surface area contributed by atoms with Crippen LogP contribution in [0.4, 0.5) is 0 Å². The van der Waals surface area contributed by atoms with Crippen molar-refractivity contribution < 1.29 is 0 Å². The molecular weight excluding hydrogens is 591 g/mol. The van der Waals surface area contributed by atoms with E-state index < -0.39 is 0 Å². The zero-order valence-electron chi connectivity index (χ0n) is 29.3. The summed E-state index contributed by atoms with van der Waals surface area (Å²) in [6.45, 7) is 15.4. The SMILES string of the molecule is C=C/C=C\C(=C/C)c1ccc2c(c1)c1cc(-c3ccccc3)ccc1n2-c1ccc2c(c1)C(C)(C)c1ccc(C3=C(C)C=CCC3)c(C)c1-2. The summed E-state index contributed by atoms with van der Waals surface area (Å²) in [4.78, 5) is 0. The summed E-state index contributed by atoms with van der Waals surface area (Å²) in [7, 11) is 0. The van der Waals surface area contributed by atoms with Crippen molar-refractivity contribution in [1.82, 2.24) is 4.57 Å². The summed E-state index contributed by atoms with van der Waals surface area (Å²) >= 11 is 0. The first-order chi connectivity index (χ1) is 23.8. The van der Waals surface area contributed by atoms with Crippen LogP contribution in [0.2, 0.25) is 0 Å². The normalized spacial score (nSPS) is 15.4. The number of rotatable bonds is 6. The second-order valence-corrected chi connectivity index (χ2v) is 14.1. The monoisotopic (exact) mass is 633 g/mol. The van der Waals surface area contributed by atoms with Crippen LogP contribution in [0.15, 0.2) is 146 Å². The van der Waals surface area contributed by atoms with Crippen molar-refractivity contribution >= 4 is 33.0 Å². The van der Waals surface area contributed by atoms with Crippen LogP contribution in [0.25, 0.3) is 60.9 Å². The van der Waals surface area contributed by atoms with E-state index in [1.165, 1.54) is 94.3 Å². The Labute approximate surface area is 290 Å². The highest BCUT2D eigenvalue weighted by atomic mass is 15.0. The molecule has 0 amide bonds. The molecule has 0 aliphatic heterocycles. The summed E-state index contributed by atoms with van der Waals surface area (Å²) in [5.41, 5.74) is 19.7. The zero-order chi connectivity index (χ0) is 33.9. The average molecular weight is 634 g/mol. The second-order valence-electron chi connectivity index (χ2n) is 14.1. The van der Waals surface area contributed by atoms with Crippen molar-refractivity contribution in [3.63, 3.8) is 0 Å². The van der Waals surface area contributed by atoms with Gasteiger partial charge in [-0.25, -0.2) is 0 Å². The molecule has 240 valence electrons. The van der Waals surface area contributed by atoms with Crippen molar-refractivity contribution in [2.75, 3.05) is 0 Å². The van der Waals surface area contributed by atoms with Crippen molar-refractivity contribution in [1.29, 1.82) is 0 Å². The fourth-order valence-electron chi connectivity index (χ4n) is 8.41. The molecule has 8 rings (SSSR count). The van der Waals surface area contributed by atoms with Crippen molar-refractivity contribution in [2.24, 2.45) is 0 Å². The third kappa shape index (κ3) is 4.91. The highest BCUT2D eigenvalue weighted by Gasteiger charge is 2.37. The van der Waals surface area contributed by atoms with Gasteiger partial charge in [-0.1, -0.05) is 118 Å². The van der Waals surface area contributed by atoms with Crippen LogP contribution in [0.1, 0.15) is 68.4 Å². The second kappa shape index (κ2) is 11.9. The van der Waals surface area contributed by atoms with Crippen molar-refractivity contribution in [2.45, 2.75) is 52.9 Å². The van der Waals surface area contributed by atoms with Gasteiger partial charge in [0.05, 0.1) is 11.0 Å². The standard InChI is InChI=1S/C48H43N/c1-7-9-16-33(8-2)35-20-26-45-41(28-35)42-29-36(34-17-11-10-12-18-34)21-27-46(42)49(45)37-22-23-40-44(30-37)48(5,6)43-25-24-39(32(4)47(40)43)38-19-14-13-15-31(38)3/h7-13,15-18,20-30H,1,14,19H2,2-6H3/b16-9-,33-8+. The van der Waals surface area contributed by atoms with E-state index in [4.69, 9.17) is 0 Å². The van der Waals surface area contributed by atoms with Crippen LogP contribution < -0.4 is 0 Å². The maximum atomic E-state index is 3.89. The summed E-state index contributed by atoms with van der Waals surface area (Å²) < 4.78 is 2.47.